The summed E-state index contributed by atoms with van der Waals surface area (Å²) < 4.78 is 15.2. The molecule has 3 nitrogen and oxygen atoms in total. The average molecular weight is 261 g/mol. The van der Waals surface area contributed by atoms with Crippen molar-refractivity contribution in [2.75, 3.05) is 0 Å². The molecule has 0 spiro atoms. The third-order valence-corrected chi connectivity index (χ3v) is 3.07. The van der Waals surface area contributed by atoms with Crippen LogP contribution in [0.3, 0.4) is 0 Å². The summed E-state index contributed by atoms with van der Waals surface area (Å²) in [5.41, 5.74) is 4.02. The van der Waals surface area contributed by atoms with Gasteiger partial charge in [-0.15, -0.1) is 0 Å². The minimum Gasteiger partial charge on any atom is -0.310 e. The summed E-state index contributed by atoms with van der Waals surface area (Å²) in [6, 6.07) is 5.29. The minimum atomic E-state index is -0.203. The Bertz CT molecular complexity index is 573. The van der Waals surface area contributed by atoms with E-state index in [9.17, 15) is 4.39 Å². The highest BCUT2D eigenvalue weighted by Crippen LogP contribution is 2.27. The van der Waals surface area contributed by atoms with E-state index in [4.69, 9.17) is 0 Å². The van der Waals surface area contributed by atoms with Gasteiger partial charge in [0.25, 0.3) is 0 Å². The highest BCUT2D eigenvalue weighted by atomic mass is 19.1. The Morgan fingerprint density at radius 2 is 2.05 bits per heavy atom. The summed E-state index contributed by atoms with van der Waals surface area (Å²) in [6.45, 7) is 6.78. The SMILES string of the molecule is Cc1nn(C)cc1-c1ccc(F)cc1CNC(C)C. The van der Waals surface area contributed by atoms with Crippen LogP contribution in [0.2, 0.25) is 0 Å². The second kappa shape index (κ2) is 5.53. The van der Waals surface area contributed by atoms with Crippen LogP contribution in [-0.4, -0.2) is 15.8 Å². The molecule has 0 radical (unpaired) electrons. The molecule has 2 rings (SSSR count). The molecule has 0 aliphatic rings. The number of aryl methyl sites for hydroxylation is 2. The van der Waals surface area contributed by atoms with Gasteiger partial charge in [0.1, 0.15) is 5.82 Å². The van der Waals surface area contributed by atoms with Crippen LogP contribution in [0, 0.1) is 12.7 Å². The molecule has 1 N–H and O–H groups in total. The van der Waals surface area contributed by atoms with Gasteiger partial charge in [-0.2, -0.15) is 5.10 Å². The second-order valence-electron chi connectivity index (χ2n) is 5.14. The van der Waals surface area contributed by atoms with E-state index in [2.05, 4.69) is 24.3 Å². The van der Waals surface area contributed by atoms with Gasteiger partial charge in [0.2, 0.25) is 0 Å². The Kier molecular flexibility index (Phi) is 4.00. The van der Waals surface area contributed by atoms with E-state index in [1.165, 1.54) is 6.07 Å². The number of nitrogens with zero attached hydrogens (tertiary/aromatic N) is 2. The zero-order valence-corrected chi connectivity index (χ0v) is 11.9. The Morgan fingerprint density at radius 3 is 2.63 bits per heavy atom. The lowest BCUT2D eigenvalue weighted by molar-refractivity contribution is 0.582. The predicted molar refractivity (Wildman–Crippen MR) is 75.3 cm³/mol. The molecule has 0 unspecified atom stereocenters. The number of halogens is 1. The van der Waals surface area contributed by atoms with E-state index in [0.717, 1.165) is 22.4 Å². The normalized spacial score (nSPS) is 11.3. The monoisotopic (exact) mass is 261 g/mol. The van der Waals surface area contributed by atoms with Crippen molar-refractivity contribution in [2.45, 2.75) is 33.4 Å². The molecule has 102 valence electrons. The summed E-state index contributed by atoms with van der Waals surface area (Å²) in [7, 11) is 1.89. The van der Waals surface area contributed by atoms with E-state index in [0.29, 0.717) is 12.6 Å². The van der Waals surface area contributed by atoms with Gasteiger partial charge in [0.15, 0.2) is 0 Å². The van der Waals surface area contributed by atoms with Crippen LogP contribution in [-0.2, 0) is 13.6 Å². The highest BCUT2D eigenvalue weighted by molar-refractivity contribution is 5.68. The molecule has 0 fully saturated rings. The van der Waals surface area contributed by atoms with Crippen molar-refractivity contribution in [1.82, 2.24) is 15.1 Å². The van der Waals surface area contributed by atoms with Gasteiger partial charge in [-0.3, -0.25) is 4.68 Å². The highest BCUT2D eigenvalue weighted by Gasteiger charge is 2.11. The molecule has 1 aromatic heterocycles. The van der Waals surface area contributed by atoms with Gasteiger partial charge in [-0.1, -0.05) is 19.9 Å². The first kappa shape index (κ1) is 13.7. The number of aromatic nitrogens is 2. The zero-order chi connectivity index (χ0) is 14.0. The molecule has 2 aromatic rings. The van der Waals surface area contributed by atoms with Crippen molar-refractivity contribution < 1.29 is 4.39 Å². The van der Waals surface area contributed by atoms with Crippen LogP contribution < -0.4 is 5.32 Å². The third kappa shape index (κ3) is 3.20. The van der Waals surface area contributed by atoms with Crippen LogP contribution in [0.15, 0.2) is 24.4 Å². The van der Waals surface area contributed by atoms with E-state index in [-0.39, 0.29) is 5.82 Å². The fourth-order valence-corrected chi connectivity index (χ4v) is 2.15. The number of hydrogen-bond acceptors (Lipinski definition) is 2. The molecule has 1 aromatic carbocycles. The third-order valence-electron chi connectivity index (χ3n) is 3.07. The molecule has 0 bridgehead atoms. The largest absolute Gasteiger partial charge is 0.310 e. The molecule has 0 atom stereocenters. The number of hydrogen-bond donors (Lipinski definition) is 1. The van der Waals surface area contributed by atoms with E-state index in [1.54, 1.807) is 10.7 Å². The lowest BCUT2D eigenvalue weighted by atomic mass is 10.00. The molecule has 1 heterocycles. The Balaban J connectivity index is 2.41. The first-order chi connectivity index (χ1) is 8.97. The first-order valence-corrected chi connectivity index (χ1v) is 6.50. The molecular formula is C15H20FN3. The van der Waals surface area contributed by atoms with E-state index < -0.39 is 0 Å². The molecule has 0 saturated carbocycles. The maximum Gasteiger partial charge on any atom is 0.123 e. The molecular weight excluding hydrogens is 241 g/mol. The van der Waals surface area contributed by atoms with Crippen LogP contribution in [0.1, 0.15) is 25.1 Å². The van der Waals surface area contributed by atoms with Gasteiger partial charge < -0.3 is 5.32 Å². The average Bonchev–Trinajstić information content (AvgIpc) is 2.66. The van der Waals surface area contributed by atoms with Crippen LogP contribution >= 0.6 is 0 Å². The fraction of sp³-hybridized carbons (Fsp3) is 0.400. The Labute approximate surface area is 113 Å². The van der Waals surface area contributed by atoms with Gasteiger partial charge >= 0.3 is 0 Å². The summed E-state index contributed by atoms with van der Waals surface area (Å²) in [5, 5.41) is 7.68. The number of nitrogens with one attached hydrogen (secondary N) is 1. The standard InChI is InChI=1S/C15H20FN3/c1-10(2)17-8-12-7-13(16)5-6-14(12)15-9-19(4)18-11(15)3/h5-7,9-10,17H,8H2,1-4H3. The lowest BCUT2D eigenvalue weighted by Crippen LogP contribution is -2.22. The van der Waals surface area contributed by atoms with Crippen molar-refractivity contribution in [1.29, 1.82) is 0 Å². The second-order valence-corrected chi connectivity index (χ2v) is 5.14. The Morgan fingerprint density at radius 1 is 1.32 bits per heavy atom. The van der Waals surface area contributed by atoms with E-state index >= 15 is 0 Å². The molecule has 0 aliphatic heterocycles. The van der Waals surface area contributed by atoms with Crippen molar-refractivity contribution in [3.05, 3.63) is 41.5 Å². The van der Waals surface area contributed by atoms with Gasteiger partial charge in [-0.25, -0.2) is 4.39 Å². The lowest BCUT2D eigenvalue weighted by Gasteiger charge is -2.12. The summed E-state index contributed by atoms with van der Waals surface area (Å²) in [6.07, 6.45) is 1.97. The maximum absolute atomic E-state index is 13.4. The Hall–Kier alpha value is -1.68. The smallest absolute Gasteiger partial charge is 0.123 e. The number of rotatable bonds is 4. The topological polar surface area (TPSA) is 29.9 Å². The van der Waals surface area contributed by atoms with Crippen molar-refractivity contribution in [3.63, 3.8) is 0 Å². The van der Waals surface area contributed by atoms with Crippen LogP contribution in [0.25, 0.3) is 11.1 Å². The molecule has 0 saturated heterocycles. The number of benzene rings is 1. The van der Waals surface area contributed by atoms with Crippen molar-refractivity contribution >= 4 is 0 Å². The van der Waals surface area contributed by atoms with Gasteiger partial charge in [0.05, 0.1) is 5.69 Å². The van der Waals surface area contributed by atoms with Crippen LogP contribution in [0.5, 0.6) is 0 Å². The first-order valence-electron chi connectivity index (χ1n) is 6.50. The zero-order valence-electron chi connectivity index (χ0n) is 11.9. The van der Waals surface area contributed by atoms with Gasteiger partial charge in [0, 0.05) is 31.4 Å². The quantitative estimate of drug-likeness (QED) is 0.916. The molecule has 19 heavy (non-hydrogen) atoms. The fourth-order valence-electron chi connectivity index (χ4n) is 2.15. The maximum atomic E-state index is 13.4. The van der Waals surface area contributed by atoms with Crippen molar-refractivity contribution in [3.8, 4) is 11.1 Å². The molecule has 0 aliphatic carbocycles. The van der Waals surface area contributed by atoms with Gasteiger partial charge in [-0.05, 0) is 30.2 Å². The summed E-state index contributed by atoms with van der Waals surface area (Å²) in [4.78, 5) is 0. The van der Waals surface area contributed by atoms with Crippen molar-refractivity contribution in [2.24, 2.45) is 7.05 Å². The van der Waals surface area contributed by atoms with Crippen LogP contribution in [0.4, 0.5) is 4.39 Å². The summed E-state index contributed by atoms with van der Waals surface area (Å²) in [5.74, 6) is -0.203. The molecule has 4 heteroatoms. The predicted octanol–water partition coefficient (Wildman–Crippen LogP) is 3.03. The minimum absolute atomic E-state index is 0.203. The van der Waals surface area contributed by atoms with E-state index in [1.807, 2.05) is 26.2 Å². The summed E-state index contributed by atoms with van der Waals surface area (Å²) >= 11 is 0. The molecule has 0 amide bonds.